The van der Waals surface area contributed by atoms with E-state index in [4.69, 9.17) is 25.8 Å². The van der Waals surface area contributed by atoms with Crippen LogP contribution in [0.5, 0.6) is 5.75 Å². The molecule has 8 rings (SSSR count). The summed E-state index contributed by atoms with van der Waals surface area (Å²) in [5.41, 5.74) is 3.17. The fourth-order valence-electron chi connectivity index (χ4n) is 8.19. The molecule has 200 valence electrons. The molecule has 0 spiro atoms. The van der Waals surface area contributed by atoms with E-state index in [2.05, 4.69) is 41.4 Å². The van der Waals surface area contributed by atoms with Crippen molar-refractivity contribution in [3.05, 3.63) is 83.4 Å². The summed E-state index contributed by atoms with van der Waals surface area (Å²) in [6.45, 7) is 1.58. The normalized spacial score (nSPS) is 33.6. The Hall–Kier alpha value is -2.34. The lowest BCUT2D eigenvalue weighted by atomic mass is 9.48. The van der Waals surface area contributed by atoms with Gasteiger partial charge >= 0.3 is 0 Å². The molecule has 4 aliphatic carbocycles. The second kappa shape index (κ2) is 10.0. The number of aryl methyl sites for hydroxylation is 1. The molecule has 0 unspecified atom stereocenters. The predicted octanol–water partition coefficient (Wildman–Crippen LogP) is 6.83. The number of rotatable bonds is 9. The van der Waals surface area contributed by atoms with Crippen LogP contribution in [0.15, 0.2) is 67.3 Å². The smallest absolute Gasteiger partial charge is 0.187 e. The van der Waals surface area contributed by atoms with Crippen molar-refractivity contribution >= 4 is 11.6 Å². The van der Waals surface area contributed by atoms with Crippen molar-refractivity contribution in [1.29, 1.82) is 0 Å². The van der Waals surface area contributed by atoms with E-state index in [1.165, 1.54) is 49.7 Å². The van der Waals surface area contributed by atoms with Gasteiger partial charge in [0.2, 0.25) is 0 Å². The lowest BCUT2D eigenvalue weighted by Gasteiger charge is -2.57. The molecular weight excluding hydrogens is 496 g/mol. The molecule has 5 fully saturated rings. The monoisotopic (exact) mass is 532 g/mol. The first-order valence-electron chi connectivity index (χ1n) is 14.3. The molecular formula is C32H37ClN2O3. The molecule has 3 aromatic rings. The Morgan fingerprint density at radius 1 is 0.947 bits per heavy atom. The Bertz CT molecular complexity index is 1190. The van der Waals surface area contributed by atoms with Crippen molar-refractivity contribution in [1.82, 2.24) is 9.55 Å². The highest BCUT2D eigenvalue weighted by Crippen LogP contribution is 2.60. The third-order valence-electron chi connectivity index (χ3n) is 9.55. The molecule has 0 radical (unpaired) electrons. The van der Waals surface area contributed by atoms with Crippen LogP contribution in [-0.2, 0) is 27.9 Å². The van der Waals surface area contributed by atoms with Gasteiger partial charge in [0, 0.05) is 23.8 Å². The summed E-state index contributed by atoms with van der Waals surface area (Å²) in [5, 5.41) is 0.749. The zero-order valence-electron chi connectivity index (χ0n) is 21.9. The highest BCUT2D eigenvalue weighted by atomic mass is 35.5. The molecule has 0 amide bonds. The molecule has 5 nitrogen and oxygen atoms in total. The summed E-state index contributed by atoms with van der Waals surface area (Å²) < 4.78 is 21.1. The lowest BCUT2D eigenvalue weighted by molar-refractivity contribution is -0.184. The van der Waals surface area contributed by atoms with Gasteiger partial charge in [-0.15, -0.1) is 0 Å². The van der Waals surface area contributed by atoms with E-state index >= 15 is 0 Å². The Morgan fingerprint density at radius 3 is 2.32 bits per heavy atom. The van der Waals surface area contributed by atoms with Crippen LogP contribution in [0.4, 0.5) is 0 Å². The summed E-state index contributed by atoms with van der Waals surface area (Å²) >= 11 is 6.07. The first kappa shape index (κ1) is 24.7. The van der Waals surface area contributed by atoms with Crippen LogP contribution in [0.2, 0.25) is 5.02 Å². The van der Waals surface area contributed by atoms with Crippen LogP contribution in [-0.4, -0.2) is 34.7 Å². The number of ether oxygens (including phenoxy) is 3. The van der Waals surface area contributed by atoms with Gasteiger partial charge in [0.25, 0.3) is 0 Å². The van der Waals surface area contributed by atoms with Crippen LogP contribution in [0.1, 0.15) is 56.1 Å². The van der Waals surface area contributed by atoms with Crippen molar-refractivity contribution in [3.8, 4) is 5.75 Å². The van der Waals surface area contributed by atoms with Gasteiger partial charge in [-0.2, -0.15) is 0 Å². The maximum absolute atomic E-state index is 6.56. The number of aromatic nitrogens is 2. The van der Waals surface area contributed by atoms with Crippen molar-refractivity contribution in [3.63, 3.8) is 0 Å². The summed E-state index contributed by atoms with van der Waals surface area (Å²) in [7, 11) is 0. The Morgan fingerprint density at radius 2 is 1.66 bits per heavy atom. The molecule has 5 aliphatic rings. The Balaban J connectivity index is 0.983. The zero-order chi connectivity index (χ0) is 25.6. The van der Waals surface area contributed by atoms with Gasteiger partial charge in [0.1, 0.15) is 18.5 Å². The highest BCUT2D eigenvalue weighted by Gasteiger charge is 2.51. The molecule has 1 saturated heterocycles. The van der Waals surface area contributed by atoms with E-state index in [1.54, 1.807) is 6.20 Å². The van der Waals surface area contributed by atoms with E-state index in [1.807, 2.05) is 29.2 Å². The minimum atomic E-state index is -0.712. The molecule has 4 bridgehead atoms. The Labute approximate surface area is 230 Å². The van der Waals surface area contributed by atoms with Gasteiger partial charge < -0.3 is 18.8 Å². The van der Waals surface area contributed by atoms with Gasteiger partial charge in [0.15, 0.2) is 5.79 Å². The number of benzene rings is 2. The average molecular weight is 533 g/mol. The van der Waals surface area contributed by atoms with Gasteiger partial charge in [-0.25, -0.2) is 4.98 Å². The molecule has 6 heteroatoms. The van der Waals surface area contributed by atoms with E-state index in [0.717, 1.165) is 41.4 Å². The largest absolute Gasteiger partial charge is 0.491 e. The maximum Gasteiger partial charge on any atom is 0.187 e. The molecule has 2 atom stereocenters. The van der Waals surface area contributed by atoms with Crippen LogP contribution in [0.25, 0.3) is 0 Å². The van der Waals surface area contributed by atoms with E-state index in [-0.39, 0.29) is 6.10 Å². The standard InChI is InChI=1S/C32H37ClN2O3/c33-28-5-1-23(2-6-28)9-10-32(21-35-12-11-34-22-35)37-20-30(38-32)19-36-29-7-3-27(4-8-29)31-16-24-13-25(17-31)15-26(14-24)18-31/h1-8,11-12,22,24-26,30H,9-10,13-21H2/t24?,25?,26?,30-,31?,32+/m0/s1. The Kier molecular flexibility index (Phi) is 6.50. The summed E-state index contributed by atoms with van der Waals surface area (Å²) in [6.07, 6.45) is 15.6. The number of halogens is 1. The van der Waals surface area contributed by atoms with Crippen molar-refractivity contribution in [2.24, 2.45) is 17.8 Å². The van der Waals surface area contributed by atoms with E-state index in [9.17, 15) is 0 Å². The van der Waals surface area contributed by atoms with Crippen molar-refractivity contribution in [2.75, 3.05) is 13.2 Å². The van der Waals surface area contributed by atoms with Crippen LogP contribution in [0.3, 0.4) is 0 Å². The highest BCUT2D eigenvalue weighted by molar-refractivity contribution is 6.30. The van der Waals surface area contributed by atoms with Gasteiger partial charge in [-0.3, -0.25) is 0 Å². The predicted molar refractivity (Wildman–Crippen MR) is 147 cm³/mol. The van der Waals surface area contributed by atoms with Crippen molar-refractivity contribution in [2.45, 2.75) is 75.2 Å². The van der Waals surface area contributed by atoms with Gasteiger partial charge in [-0.1, -0.05) is 35.9 Å². The molecule has 38 heavy (non-hydrogen) atoms. The third-order valence-corrected chi connectivity index (χ3v) is 9.80. The summed E-state index contributed by atoms with van der Waals surface area (Å²) in [6, 6.07) is 17.0. The summed E-state index contributed by atoms with van der Waals surface area (Å²) in [4.78, 5) is 4.20. The minimum absolute atomic E-state index is 0.119. The third kappa shape index (κ3) is 5.01. The quantitative estimate of drug-likeness (QED) is 0.303. The molecule has 2 heterocycles. The van der Waals surface area contributed by atoms with Crippen LogP contribution >= 0.6 is 11.6 Å². The molecule has 0 N–H and O–H groups in total. The van der Waals surface area contributed by atoms with E-state index in [0.29, 0.717) is 25.2 Å². The number of hydrogen-bond donors (Lipinski definition) is 0. The van der Waals surface area contributed by atoms with Gasteiger partial charge in [-0.05, 0) is 104 Å². The topological polar surface area (TPSA) is 45.5 Å². The van der Waals surface area contributed by atoms with Crippen molar-refractivity contribution < 1.29 is 14.2 Å². The van der Waals surface area contributed by atoms with Crippen LogP contribution < -0.4 is 4.74 Å². The first-order valence-corrected chi connectivity index (χ1v) is 14.7. The molecule has 2 aromatic carbocycles. The SMILES string of the molecule is Clc1ccc(CC[C@@]2(Cn3ccnc3)OC[C@H](COc3ccc(C45CC6CC(CC(C6)C4)C5)cc3)O2)cc1. The number of hydrogen-bond acceptors (Lipinski definition) is 4. The fraction of sp³-hybridized carbons (Fsp3) is 0.531. The zero-order valence-corrected chi connectivity index (χ0v) is 22.7. The van der Waals surface area contributed by atoms with E-state index < -0.39 is 5.79 Å². The first-order chi connectivity index (χ1) is 18.5. The number of imidazole rings is 1. The molecule has 1 aromatic heterocycles. The minimum Gasteiger partial charge on any atom is -0.491 e. The second-order valence-electron chi connectivity index (χ2n) is 12.4. The lowest BCUT2D eigenvalue weighted by Crippen LogP contribution is -2.48. The van der Waals surface area contributed by atoms with Gasteiger partial charge in [0.05, 0.1) is 19.5 Å². The number of nitrogens with zero attached hydrogens (tertiary/aromatic N) is 2. The maximum atomic E-state index is 6.56. The molecule has 1 aliphatic heterocycles. The molecule has 4 saturated carbocycles. The van der Waals surface area contributed by atoms with Crippen LogP contribution in [0, 0.1) is 17.8 Å². The summed E-state index contributed by atoms with van der Waals surface area (Å²) in [5.74, 6) is 3.07. The fourth-order valence-corrected chi connectivity index (χ4v) is 8.32. The average Bonchev–Trinajstić information content (AvgIpc) is 3.57. The second-order valence-corrected chi connectivity index (χ2v) is 12.8.